The first-order chi connectivity index (χ1) is 8.75. The molecule has 2 rings (SSSR count). The van der Waals surface area contributed by atoms with Crippen molar-refractivity contribution in [3.05, 3.63) is 27.9 Å². The summed E-state index contributed by atoms with van der Waals surface area (Å²) in [6.07, 6.45) is 1.02. The first kappa shape index (κ1) is 13.7. The van der Waals surface area contributed by atoms with Gasteiger partial charge in [-0.1, -0.05) is 6.07 Å². The fourth-order valence-corrected chi connectivity index (χ4v) is 3.15. The molecule has 0 aliphatic rings. The van der Waals surface area contributed by atoms with E-state index in [9.17, 15) is 0 Å². The van der Waals surface area contributed by atoms with E-state index in [0.717, 1.165) is 31.7 Å². The van der Waals surface area contributed by atoms with Crippen molar-refractivity contribution in [1.82, 2.24) is 15.2 Å². The Hall–Kier alpha value is -0.750. The number of aromatic nitrogens is 1. The van der Waals surface area contributed by atoms with Gasteiger partial charge in [0.15, 0.2) is 0 Å². The molecule has 0 atom stereocenters. The molecule has 0 radical (unpaired) electrons. The molecular weight excluding hydrogens is 262 g/mol. The van der Waals surface area contributed by atoms with Crippen LogP contribution in [0.5, 0.6) is 0 Å². The Kier molecular flexibility index (Phi) is 5.31. The summed E-state index contributed by atoms with van der Waals surface area (Å²) in [5.41, 5.74) is 1.12. The third kappa shape index (κ3) is 4.17. The van der Waals surface area contributed by atoms with Crippen molar-refractivity contribution >= 4 is 22.7 Å². The molecule has 0 saturated carbocycles. The lowest BCUT2D eigenvalue weighted by Crippen LogP contribution is -2.27. The highest BCUT2D eigenvalue weighted by Gasteiger charge is 2.04. The van der Waals surface area contributed by atoms with Gasteiger partial charge >= 0.3 is 0 Å². The summed E-state index contributed by atoms with van der Waals surface area (Å²) in [5.74, 6) is 0. The summed E-state index contributed by atoms with van der Waals surface area (Å²) in [6.45, 7) is 3.12. The van der Waals surface area contributed by atoms with E-state index in [2.05, 4.69) is 52.2 Å². The zero-order chi connectivity index (χ0) is 12.8. The maximum atomic E-state index is 4.66. The van der Waals surface area contributed by atoms with Gasteiger partial charge in [-0.05, 0) is 25.5 Å². The molecule has 0 aliphatic carbocycles. The molecule has 0 saturated heterocycles. The van der Waals surface area contributed by atoms with Gasteiger partial charge in [0.25, 0.3) is 0 Å². The van der Waals surface area contributed by atoms with Crippen LogP contribution < -0.4 is 5.32 Å². The third-order valence-corrected chi connectivity index (χ3v) is 4.38. The first-order valence-corrected chi connectivity index (χ1v) is 7.85. The standard InChI is InChI=1S/C13H19N3S2/c1-16(2)8-7-14-6-5-13-15-11(10-18-13)12-4-3-9-17-12/h3-4,9-10,14H,5-8H2,1-2H3. The maximum absolute atomic E-state index is 4.66. The molecule has 0 aromatic carbocycles. The molecule has 98 valence electrons. The Morgan fingerprint density at radius 2 is 2.17 bits per heavy atom. The SMILES string of the molecule is CN(C)CCNCCc1nc(-c2cccs2)cs1. The predicted molar refractivity (Wildman–Crippen MR) is 80.6 cm³/mol. The molecule has 0 fully saturated rings. The van der Waals surface area contributed by atoms with Gasteiger partial charge < -0.3 is 10.2 Å². The molecule has 0 aliphatic heterocycles. The number of rotatable bonds is 7. The molecule has 0 amide bonds. The number of hydrogen-bond acceptors (Lipinski definition) is 5. The van der Waals surface area contributed by atoms with Crippen molar-refractivity contribution in [1.29, 1.82) is 0 Å². The Labute approximate surface area is 116 Å². The predicted octanol–water partition coefficient (Wildman–Crippen LogP) is 2.57. The van der Waals surface area contributed by atoms with Crippen LogP contribution in [-0.4, -0.2) is 43.6 Å². The maximum Gasteiger partial charge on any atom is 0.0945 e. The molecule has 3 nitrogen and oxygen atoms in total. The van der Waals surface area contributed by atoms with Crippen LogP contribution in [0.15, 0.2) is 22.9 Å². The van der Waals surface area contributed by atoms with Crippen molar-refractivity contribution < 1.29 is 0 Å². The van der Waals surface area contributed by atoms with Gasteiger partial charge in [0, 0.05) is 31.4 Å². The minimum Gasteiger partial charge on any atom is -0.315 e. The molecule has 0 unspecified atom stereocenters. The van der Waals surface area contributed by atoms with Gasteiger partial charge in [-0.15, -0.1) is 22.7 Å². The number of hydrogen-bond donors (Lipinski definition) is 1. The van der Waals surface area contributed by atoms with Crippen LogP contribution in [-0.2, 0) is 6.42 Å². The summed E-state index contributed by atoms with van der Waals surface area (Å²) in [5, 5.41) is 8.90. The largest absolute Gasteiger partial charge is 0.315 e. The smallest absolute Gasteiger partial charge is 0.0945 e. The molecule has 1 N–H and O–H groups in total. The van der Waals surface area contributed by atoms with Crippen LogP contribution in [0, 0.1) is 0 Å². The Morgan fingerprint density at radius 1 is 1.28 bits per heavy atom. The molecule has 18 heavy (non-hydrogen) atoms. The lowest BCUT2D eigenvalue weighted by Gasteiger charge is -2.09. The third-order valence-electron chi connectivity index (χ3n) is 2.58. The lowest BCUT2D eigenvalue weighted by molar-refractivity contribution is 0.401. The number of thiazole rings is 1. The zero-order valence-corrected chi connectivity index (χ0v) is 12.5. The van der Waals surface area contributed by atoms with Crippen LogP contribution in [0.25, 0.3) is 10.6 Å². The second-order valence-corrected chi connectivity index (χ2v) is 6.30. The monoisotopic (exact) mass is 281 g/mol. The van der Waals surface area contributed by atoms with Crippen LogP contribution >= 0.6 is 22.7 Å². The normalized spacial score (nSPS) is 11.3. The zero-order valence-electron chi connectivity index (χ0n) is 10.8. The van der Waals surface area contributed by atoms with Gasteiger partial charge in [0.1, 0.15) is 0 Å². The van der Waals surface area contributed by atoms with Crippen LogP contribution in [0.3, 0.4) is 0 Å². The molecule has 2 heterocycles. The second kappa shape index (κ2) is 6.99. The molecule has 0 bridgehead atoms. The average Bonchev–Trinajstić information content (AvgIpc) is 2.98. The number of likely N-dealkylation sites (N-methyl/N-ethyl adjacent to an activating group) is 1. The van der Waals surface area contributed by atoms with Gasteiger partial charge in [0.2, 0.25) is 0 Å². The van der Waals surface area contributed by atoms with E-state index in [-0.39, 0.29) is 0 Å². The second-order valence-electron chi connectivity index (χ2n) is 4.41. The quantitative estimate of drug-likeness (QED) is 0.791. The number of nitrogens with zero attached hydrogens (tertiary/aromatic N) is 2. The highest BCUT2D eigenvalue weighted by molar-refractivity contribution is 7.14. The van der Waals surface area contributed by atoms with Crippen LogP contribution in [0.4, 0.5) is 0 Å². The van der Waals surface area contributed by atoms with E-state index in [1.54, 1.807) is 22.7 Å². The van der Waals surface area contributed by atoms with E-state index >= 15 is 0 Å². The molecular formula is C13H19N3S2. The minimum atomic E-state index is 1.01. The minimum absolute atomic E-state index is 1.01. The van der Waals surface area contributed by atoms with Crippen molar-refractivity contribution in [2.75, 3.05) is 33.7 Å². The highest BCUT2D eigenvalue weighted by atomic mass is 32.1. The first-order valence-electron chi connectivity index (χ1n) is 6.09. The fraction of sp³-hybridized carbons (Fsp3) is 0.462. The van der Waals surface area contributed by atoms with E-state index < -0.39 is 0 Å². The molecule has 2 aromatic heterocycles. The van der Waals surface area contributed by atoms with Crippen molar-refractivity contribution in [2.24, 2.45) is 0 Å². The number of nitrogens with one attached hydrogen (secondary N) is 1. The van der Waals surface area contributed by atoms with Gasteiger partial charge in [-0.3, -0.25) is 0 Å². The topological polar surface area (TPSA) is 28.2 Å². The van der Waals surface area contributed by atoms with E-state index in [1.165, 1.54) is 9.88 Å². The van der Waals surface area contributed by atoms with Gasteiger partial charge in [0.05, 0.1) is 15.6 Å². The van der Waals surface area contributed by atoms with Crippen LogP contribution in [0.2, 0.25) is 0 Å². The Balaban J connectivity index is 1.74. The molecule has 0 spiro atoms. The van der Waals surface area contributed by atoms with Gasteiger partial charge in [-0.2, -0.15) is 0 Å². The van der Waals surface area contributed by atoms with Crippen molar-refractivity contribution in [2.45, 2.75) is 6.42 Å². The fourth-order valence-electron chi connectivity index (χ4n) is 1.59. The summed E-state index contributed by atoms with van der Waals surface area (Å²) in [7, 11) is 4.19. The van der Waals surface area contributed by atoms with Crippen molar-refractivity contribution in [3.8, 4) is 10.6 Å². The summed E-state index contributed by atoms with van der Waals surface area (Å²) < 4.78 is 0. The average molecular weight is 281 g/mol. The number of thiophene rings is 1. The lowest BCUT2D eigenvalue weighted by atomic mass is 10.4. The molecule has 5 heteroatoms. The Morgan fingerprint density at radius 3 is 2.89 bits per heavy atom. The van der Waals surface area contributed by atoms with E-state index in [1.807, 2.05) is 0 Å². The van der Waals surface area contributed by atoms with E-state index in [0.29, 0.717) is 0 Å². The highest BCUT2D eigenvalue weighted by Crippen LogP contribution is 2.25. The summed E-state index contributed by atoms with van der Waals surface area (Å²) >= 11 is 3.50. The van der Waals surface area contributed by atoms with Gasteiger partial charge in [-0.25, -0.2) is 4.98 Å². The Bertz CT molecular complexity index is 449. The van der Waals surface area contributed by atoms with Crippen molar-refractivity contribution in [3.63, 3.8) is 0 Å². The molecule has 2 aromatic rings. The summed E-state index contributed by atoms with van der Waals surface area (Å²) in [6, 6.07) is 4.20. The van der Waals surface area contributed by atoms with Crippen LogP contribution in [0.1, 0.15) is 5.01 Å². The van der Waals surface area contributed by atoms with E-state index in [4.69, 9.17) is 0 Å². The summed E-state index contributed by atoms with van der Waals surface area (Å²) in [4.78, 5) is 8.11.